The molecule has 0 fully saturated rings. The number of hydrogen-bond acceptors (Lipinski definition) is 3. The molecule has 1 aromatic heterocycles. The lowest BCUT2D eigenvalue weighted by Crippen LogP contribution is -2.15. The quantitative estimate of drug-likeness (QED) is 0.689. The average molecular weight is 345 g/mol. The van der Waals surface area contributed by atoms with Gasteiger partial charge in [-0.3, -0.25) is 4.79 Å². The highest BCUT2D eigenvalue weighted by molar-refractivity contribution is 5.92. The monoisotopic (exact) mass is 345 g/mol. The molecule has 0 radical (unpaired) electrons. The summed E-state index contributed by atoms with van der Waals surface area (Å²) in [6, 6.07) is 17.8. The summed E-state index contributed by atoms with van der Waals surface area (Å²) in [7, 11) is 0. The highest BCUT2D eigenvalue weighted by Crippen LogP contribution is 2.19. The first kappa shape index (κ1) is 17.7. The first-order chi connectivity index (χ1) is 12.5. The van der Waals surface area contributed by atoms with Crippen molar-refractivity contribution in [3.05, 3.63) is 83.0 Å². The Balaban J connectivity index is 1.61. The first-order valence-corrected chi connectivity index (χ1v) is 8.66. The highest BCUT2D eigenvalue weighted by atomic mass is 16.1. The molecule has 0 spiro atoms. The third-order valence-electron chi connectivity index (χ3n) is 4.44. The molecular formula is C22H23N3O. The van der Waals surface area contributed by atoms with E-state index in [4.69, 9.17) is 0 Å². The molecule has 1 amide bonds. The van der Waals surface area contributed by atoms with Crippen LogP contribution >= 0.6 is 0 Å². The van der Waals surface area contributed by atoms with E-state index in [1.807, 2.05) is 49.4 Å². The summed E-state index contributed by atoms with van der Waals surface area (Å²) in [6.45, 7) is 6.18. The van der Waals surface area contributed by atoms with Crippen LogP contribution in [0.4, 0.5) is 17.2 Å². The van der Waals surface area contributed by atoms with Gasteiger partial charge in [0.25, 0.3) is 0 Å². The van der Waals surface area contributed by atoms with Crippen molar-refractivity contribution in [3.63, 3.8) is 0 Å². The topological polar surface area (TPSA) is 54.0 Å². The summed E-state index contributed by atoms with van der Waals surface area (Å²) in [4.78, 5) is 16.6. The summed E-state index contributed by atoms with van der Waals surface area (Å²) >= 11 is 0. The van der Waals surface area contributed by atoms with Crippen molar-refractivity contribution >= 4 is 23.1 Å². The van der Waals surface area contributed by atoms with E-state index in [0.29, 0.717) is 12.1 Å². The second kappa shape index (κ2) is 7.83. The molecule has 2 N–H and O–H groups in total. The molecule has 0 unspecified atom stereocenters. The van der Waals surface area contributed by atoms with E-state index in [2.05, 4.69) is 41.6 Å². The lowest BCUT2D eigenvalue weighted by Gasteiger charge is -2.10. The Morgan fingerprint density at radius 2 is 1.65 bits per heavy atom. The third kappa shape index (κ3) is 4.48. The van der Waals surface area contributed by atoms with Crippen LogP contribution in [0, 0.1) is 20.8 Å². The number of benzene rings is 2. The Morgan fingerprint density at radius 3 is 2.35 bits per heavy atom. The van der Waals surface area contributed by atoms with Crippen LogP contribution in [0.25, 0.3) is 0 Å². The lowest BCUT2D eigenvalue weighted by atomic mass is 10.1. The van der Waals surface area contributed by atoms with Gasteiger partial charge >= 0.3 is 0 Å². The van der Waals surface area contributed by atoms with Gasteiger partial charge in [-0.05, 0) is 67.3 Å². The van der Waals surface area contributed by atoms with Gasteiger partial charge < -0.3 is 10.6 Å². The molecule has 0 aliphatic rings. The van der Waals surface area contributed by atoms with Gasteiger partial charge in [0.1, 0.15) is 5.82 Å². The Morgan fingerprint density at radius 1 is 0.885 bits per heavy atom. The van der Waals surface area contributed by atoms with E-state index < -0.39 is 0 Å². The SMILES string of the molecule is Cc1ccc(Nc2ccc(NC(=O)Cc3ccccc3C)cn2)cc1C. The Hall–Kier alpha value is -3.14. The van der Waals surface area contributed by atoms with E-state index in [-0.39, 0.29) is 5.91 Å². The number of anilines is 3. The second-order valence-corrected chi connectivity index (χ2v) is 6.51. The van der Waals surface area contributed by atoms with E-state index in [1.54, 1.807) is 6.20 Å². The Bertz CT molecular complexity index is 917. The highest BCUT2D eigenvalue weighted by Gasteiger charge is 2.06. The number of rotatable bonds is 5. The molecule has 0 atom stereocenters. The molecule has 132 valence electrons. The average Bonchev–Trinajstić information content (AvgIpc) is 2.62. The molecule has 0 bridgehead atoms. The number of carbonyl (C=O) groups is 1. The minimum Gasteiger partial charge on any atom is -0.340 e. The fourth-order valence-electron chi connectivity index (χ4n) is 2.70. The van der Waals surface area contributed by atoms with Crippen molar-refractivity contribution in [1.29, 1.82) is 0 Å². The van der Waals surface area contributed by atoms with Gasteiger partial charge in [-0.2, -0.15) is 0 Å². The van der Waals surface area contributed by atoms with Gasteiger partial charge in [-0.25, -0.2) is 4.98 Å². The van der Waals surface area contributed by atoms with Crippen LogP contribution in [0.5, 0.6) is 0 Å². The smallest absolute Gasteiger partial charge is 0.228 e. The lowest BCUT2D eigenvalue weighted by molar-refractivity contribution is -0.115. The number of nitrogens with zero attached hydrogens (tertiary/aromatic N) is 1. The van der Waals surface area contributed by atoms with Gasteiger partial charge in [0.15, 0.2) is 0 Å². The summed E-state index contributed by atoms with van der Waals surface area (Å²) in [6.07, 6.45) is 2.02. The summed E-state index contributed by atoms with van der Waals surface area (Å²) < 4.78 is 0. The molecular weight excluding hydrogens is 322 g/mol. The number of aromatic nitrogens is 1. The van der Waals surface area contributed by atoms with Crippen molar-refractivity contribution in [3.8, 4) is 0 Å². The molecule has 0 aliphatic carbocycles. The van der Waals surface area contributed by atoms with Crippen LogP contribution in [-0.2, 0) is 11.2 Å². The van der Waals surface area contributed by atoms with Crippen LogP contribution in [0.3, 0.4) is 0 Å². The molecule has 3 aromatic rings. The maximum atomic E-state index is 12.2. The van der Waals surface area contributed by atoms with Crippen molar-refractivity contribution in [2.24, 2.45) is 0 Å². The molecule has 1 heterocycles. The zero-order valence-electron chi connectivity index (χ0n) is 15.3. The van der Waals surface area contributed by atoms with E-state index in [1.165, 1.54) is 11.1 Å². The Labute approximate surface area is 154 Å². The second-order valence-electron chi connectivity index (χ2n) is 6.51. The molecule has 0 saturated carbocycles. The van der Waals surface area contributed by atoms with Gasteiger partial charge in [0.2, 0.25) is 5.91 Å². The fraction of sp³-hybridized carbons (Fsp3) is 0.182. The number of aryl methyl sites for hydroxylation is 3. The number of carbonyl (C=O) groups excluding carboxylic acids is 1. The largest absolute Gasteiger partial charge is 0.340 e. The summed E-state index contributed by atoms with van der Waals surface area (Å²) in [5, 5.41) is 6.17. The number of amides is 1. The van der Waals surface area contributed by atoms with Gasteiger partial charge in [-0.1, -0.05) is 30.3 Å². The number of pyridine rings is 1. The maximum absolute atomic E-state index is 12.2. The maximum Gasteiger partial charge on any atom is 0.228 e. The van der Waals surface area contributed by atoms with Crippen LogP contribution in [0.1, 0.15) is 22.3 Å². The number of nitrogens with one attached hydrogen (secondary N) is 2. The van der Waals surface area contributed by atoms with Crippen molar-refractivity contribution in [1.82, 2.24) is 4.98 Å². The van der Waals surface area contributed by atoms with E-state index in [0.717, 1.165) is 22.6 Å². The van der Waals surface area contributed by atoms with Crippen LogP contribution < -0.4 is 10.6 Å². The molecule has 4 heteroatoms. The molecule has 26 heavy (non-hydrogen) atoms. The fourth-order valence-corrected chi connectivity index (χ4v) is 2.70. The van der Waals surface area contributed by atoms with Gasteiger partial charge in [0, 0.05) is 5.69 Å². The predicted octanol–water partition coefficient (Wildman–Crippen LogP) is 4.93. The standard InChI is InChI=1S/C22H23N3O/c1-15-8-9-19(12-17(15)3)24-21-11-10-20(14-23-21)25-22(26)13-18-7-5-4-6-16(18)2/h4-12,14H,13H2,1-3H3,(H,23,24)(H,25,26). The van der Waals surface area contributed by atoms with E-state index in [9.17, 15) is 4.79 Å². The van der Waals surface area contributed by atoms with E-state index >= 15 is 0 Å². The van der Waals surface area contributed by atoms with Crippen molar-refractivity contribution < 1.29 is 4.79 Å². The molecule has 3 rings (SSSR count). The minimum absolute atomic E-state index is 0.0454. The minimum atomic E-state index is -0.0454. The van der Waals surface area contributed by atoms with Crippen molar-refractivity contribution in [2.75, 3.05) is 10.6 Å². The normalized spacial score (nSPS) is 10.4. The zero-order valence-corrected chi connectivity index (χ0v) is 15.3. The van der Waals surface area contributed by atoms with Crippen molar-refractivity contribution in [2.45, 2.75) is 27.2 Å². The first-order valence-electron chi connectivity index (χ1n) is 8.66. The molecule has 4 nitrogen and oxygen atoms in total. The van der Waals surface area contributed by atoms with Gasteiger partial charge in [-0.15, -0.1) is 0 Å². The van der Waals surface area contributed by atoms with Crippen LogP contribution in [0.2, 0.25) is 0 Å². The number of hydrogen-bond donors (Lipinski definition) is 2. The van der Waals surface area contributed by atoms with Crippen LogP contribution in [0.15, 0.2) is 60.8 Å². The zero-order chi connectivity index (χ0) is 18.5. The van der Waals surface area contributed by atoms with Gasteiger partial charge in [0.05, 0.1) is 18.3 Å². The van der Waals surface area contributed by atoms with Crippen LogP contribution in [-0.4, -0.2) is 10.9 Å². The summed E-state index contributed by atoms with van der Waals surface area (Å²) in [5.74, 6) is 0.695. The summed E-state index contributed by atoms with van der Waals surface area (Å²) in [5.41, 5.74) is 6.33. The predicted molar refractivity (Wildman–Crippen MR) is 107 cm³/mol. The molecule has 0 saturated heterocycles. The molecule has 2 aromatic carbocycles. The molecule has 0 aliphatic heterocycles. The Kier molecular flexibility index (Phi) is 5.32. The third-order valence-corrected chi connectivity index (χ3v) is 4.44.